The highest BCUT2D eigenvalue weighted by molar-refractivity contribution is 7.89. The van der Waals surface area contributed by atoms with Gasteiger partial charge in [-0.25, -0.2) is 18.1 Å². The number of aryl methyl sites for hydroxylation is 1. The van der Waals surface area contributed by atoms with Gasteiger partial charge in [0.25, 0.3) is 0 Å². The first-order valence-electron chi connectivity index (χ1n) is 8.98. The van der Waals surface area contributed by atoms with Crippen LogP contribution in [-0.2, 0) is 10.0 Å². The maximum Gasteiger partial charge on any atom is 0.240 e. The second-order valence-corrected chi connectivity index (χ2v) is 8.94. The Labute approximate surface area is 159 Å². The molecule has 0 bridgehead atoms. The molecule has 0 saturated carbocycles. The Morgan fingerprint density at radius 2 is 1.89 bits per heavy atom. The minimum Gasteiger partial charge on any atom is -0.395 e. The molecule has 0 saturated heterocycles. The van der Waals surface area contributed by atoms with E-state index in [9.17, 15) is 13.5 Å². The smallest absolute Gasteiger partial charge is 0.240 e. The largest absolute Gasteiger partial charge is 0.395 e. The highest BCUT2D eigenvalue weighted by Crippen LogP contribution is 2.28. The number of nitrogens with one attached hydrogen (secondary N) is 2. The maximum atomic E-state index is 12.6. The van der Waals surface area contributed by atoms with E-state index in [-0.39, 0.29) is 17.4 Å². The zero-order valence-electron chi connectivity index (χ0n) is 15.7. The van der Waals surface area contributed by atoms with Crippen LogP contribution < -0.4 is 4.72 Å². The van der Waals surface area contributed by atoms with E-state index in [4.69, 9.17) is 0 Å². The van der Waals surface area contributed by atoms with Crippen molar-refractivity contribution in [3.63, 3.8) is 0 Å². The summed E-state index contributed by atoms with van der Waals surface area (Å²) >= 11 is 0. The van der Waals surface area contributed by atoms with Crippen molar-refractivity contribution in [3.05, 3.63) is 48.3 Å². The summed E-state index contributed by atoms with van der Waals surface area (Å²) in [6, 6.07) is 10.2. The maximum absolute atomic E-state index is 12.6. The van der Waals surface area contributed by atoms with E-state index in [0.717, 1.165) is 27.9 Å². The van der Waals surface area contributed by atoms with Crippen molar-refractivity contribution in [1.29, 1.82) is 0 Å². The van der Waals surface area contributed by atoms with Crippen LogP contribution in [0.15, 0.2) is 47.5 Å². The molecule has 3 rings (SSSR count). The number of rotatable bonds is 7. The molecule has 3 N–H and O–H groups in total. The summed E-state index contributed by atoms with van der Waals surface area (Å²) in [5.41, 5.74) is 3.74. The van der Waals surface area contributed by atoms with Crippen LogP contribution in [-0.4, -0.2) is 36.1 Å². The topological polar surface area (TPSA) is 95.1 Å². The lowest BCUT2D eigenvalue weighted by Crippen LogP contribution is -2.38. The molecule has 1 unspecified atom stereocenters. The molecule has 2 heterocycles. The first kappa shape index (κ1) is 19.5. The van der Waals surface area contributed by atoms with Gasteiger partial charge >= 0.3 is 0 Å². The van der Waals surface area contributed by atoms with E-state index in [0.29, 0.717) is 6.42 Å². The molecule has 6 nitrogen and oxygen atoms in total. The predicted molar refractivity (Wildman–Crippen MR) is 107 cm³/mol. The van der Waals surface area contributed by atoms with Gasteiger partial charge in [0.05, 0.1) is 11.5 Å². The Balaban J connectivity index is 1.88. The lowest BCUT2D eigenvalue weighted by molar-refractivity contribution is 0.240. The number of hydrogen-bond acceptors (Lipinski definition) is 4. The van der Waals surface area contributed by atoms with Gasteiger partial charge in [0.2, 0.25) is 10.0 Å². The SMILES string of the molecule is Cc1cc2c(-c3ccc(S(=O)(=O)NC(CO)CC(C)C)cc3)ccnc2[nH]1. The number of nitrogens with zero attached hydrogens (tertiary/aromatic N) is 1. The minimum absolute atomic E-state index is 0.184. The number of H-pyrrole nitrogens is 1. The number of aromatic amines is 1. The van der Waals surface area contributed by atoms with Gasteiger partial charge in [0.1, 0.15) is 5.65 Å². The Kier molecular flexibility index (Phi) is 5.64. The van der Waals surface area contributed by atoms with E-state index in [1.807, 2.05) is 32.9 Å². The number of benzene rings is 1. The van der Waals surface area contributed by atoms with E-state index >= 15 is 0 Å². The second kappa shape index (κ2) is 7.80. The molecule has 144 valence electrons. The Hall–Kier alpha value is -2.22. The number of aliphatic hydroxyl groups is 1. The zero-order valence-corrected chi connectivity index (χ0v) is 16.5. The average Bonchev–Trinajstić information content (AvgIpc) is 3.00. The van der Waals surface area contributed by atoms with Crippen LogP contribution in [0.3, 0.4) is 0 Å². The molecular weight excluding hydrogens is 362 g/mol. The zero-order chi connectivity index (χ0) is 19.6. The van der Waals surface area contributed by atoms with Gasteiger partial charge in [-0.3, -0.25) is 0 Å². The number of sulfonamides is 1. The lowest BCUT2D eigenvalue weighted by Gasteiger charge is -2.18. The van der Waals surface area contributed by atoms with Gasteiger partial charge in [-0.2, -0.15) is 0 Å². The molecule has 2 aromatic heterocycles. The molecular formula is C20H25N3O3S. The van der Waals surface area contributed by atoms with Crippen molar-refractivity contribution in [1.82, 2.24) is 14.7 Å². The standard InChI is InChI=1S/C20H25N3O3S/c1-13(2)10-16(12-24)23-27(25,26)17-6-4-15(5-7-17)18-8-9-21-20-19(18)11-14(3)22-20/h4-9,11,13,16,23-24H,10,12H2,1-3H3,(H,21,22). The molecule has 27 heavy (non-hydrogen) atoms. The Morgan fingerprint density at radius 3 is 2.52 bits per heavy atom. The number of pyridine rings is 1. The van der Waals surface area contributed by atoms with Crippen LogP contribution >= 0.6 is 0 Å². The molecule has 1 atom stereocenters. The molecule has 0 spiro atoms. The van der Waals surface area contributed by atoms with E-state index in [1.165, 1.54) is 0 Å². The number of fused-ring (bicyclic) bond motifs is 1. The predicted octanol–water partition coefficient (Wildman–Crippen LogP) is 3.22. The lowest BCUT2D eigenvalue weighted by atomic mass is 10.0. The summed E-state index contributed by atoms with van der Waals surface area (Å²) in [6.45, 7) is 5.73. The molecule has 0 amide bonds. The first-order valence-corrected chi connectivity index (χ1v) is 10.5. The van der Waals surface area contributed by atoms with Crippen molar-refractivity contribution >= 4 is 21.1 Å². The number of aliphatic hydroxyl groups excluding tert-OH is 1. The van der Waals surface area contributed by atoms with Crippen molar-refractivity contribution in [3.8, 4) is 11.1 Å². The molecule has 0 fully saturated rings. The molecule has 3 aromatic rings. The summed E-state index contributed by atoms with van der Waals surface area (Å²) in [5, 5.41) is 10.4. The molecule has 0 radical (unpaired) electrons. The average molecular weight is 388 g/mol. The molecule has 0 aliphatic heterocycles. The summed E-state index contributed by atoms with van der Waals surface area (Å²) in [6.07, 6.45) is 2.31. The Morgan fingerprint density at radius 1 is 1.19 bits per heavy atom. The molecule has 7 heteroatoms. The molecule has 0 aliphatic rings. The third-order valence-electron chi connectivity index (χ3n) is 4.44. The third-order valence-corrected chi connectivity index (χ3v) is 5.98. The fourth-order valence-electron chi connectivity index (χ4n) is 3.24. The van der Waals surface area contributed by atoms with Crippen LogP contribution in [0.25, 0.3) is 22.2 Å². The van der Waals surface area contributed by atoms with Gasteiger partial charge in [-0.15, -0.1) is 0 Å². The van der Waals surface area contributed by atoms with Crippen molar-refractivity contribution in [2.24, 2.45) is 5.92 Å². The van der Waals surface area contributed by atoms with Crippen LogP contribution in [0.5, 0.6) is 0 Å². The van der Waals surface area contributed by atoms with Crippen LogP contribution in [0.4, 0.5) is 0 Å². The van der Waals surface area contributed by atoms with Crippen LogP contribution in [0.1, 0.15) is 26.0 Å². The summed E-state index contributed by atoms with van der Waals surface area (Å²) in [5.74, 6) is 0.283. The van der Waals surface area contributed by atoms with Gasteiger partial charge in [0, 0.05) is 23.3 Å². The Bertz CT molecular complexity index is 1020. The summed E-state index contributed by atoms with van der Waals surface area (Å²) in [4.78, 5) is 7.72. The van der Waals surface area contributed by atoms with Gasteiger partial charge < -0.3 is 10.1 Å². The van der Waals surface area contributed by atoms with Crippen LogP contribution in [0.2, 0.25) is 0 Å². The minimum atomic E-state index is -3.68. The second-order valence-electron chi connectivity index (χ2n) is 7.23. The quantitative estimate of drug-likeness (QED) is 0.580. The monoisotopic (exact) mass is 387 g/mol. The van der Waals surface area contributed by atoms with E-state index in [2.05, 4.69) is 14.7 Å². The first-order chi connectivity index (χ1) is 12.8. The van der Waals surface area contributed by atoms with Crippen LogP contribution in [0, 0.1) is 12.8 Å². The third kappa shape index (κ3) is 4.37. The van der Waals surface area contributed by atoms with E-state index < -0.39 is 16.1 Å². The normalized spacial score (nSPS) is 13.4. The van der Waals surface area contributed by atoms with Gasteiger partial charge in [-0.05, 0) is 54.7 Å². The number of hydrogen-bond donors (Lipinski definition) is 3. The highest BCUT2D eigenvalue weighted by atomic mass is 32.2. The molecule has 0 aliphatic carbocycles. The van der Waals surface area contributed by atoms with Gasteiger partial charge in [-0.1, -0.05) is 26.0 Å². The number of aromatic nitrogens is 2. The van der Waals surface area contributed by atoms with Crippen molar-refractivity contribution < 1.29 is 13.5 Å². The van der Waals surface area contributed by atoms with Gasteiger partial charge in [0.15, 0.2) is 0 Å². The summed E-state index contributed by atoms with van der Waals surface area (Å²) in [7, 11) is -3.68. The fourth-order valence-corrected chi connectivity index (χ4v) is 4.48. The summed E-state index contributed by atoms with van der Waals surface area (Å²) < 4.78 is 27.8. The van der Waals surface area contributed by atoms with Crippen molar-refractivity contribution in [2.45, 2.75) is 38.1 Å². The van der Waals surface area contributed by atoms with E-state index in [1.54, 1.807) is 30.5 Å². The fraction of sp³-hybridized carbons (Fsp3) is 0.350. The molecule has 1 aromatic carbocycles. The highest BCUT2D eigenvalue weighted by Gasteiger charge is 2.20. The van der Waals surface area contributed by atoms with Crippen molar-refractivity contribution in [2.75, 3.05) is 6.61 Å².